The van der Waals surface area contributed by atoms with Gasteiger partial charge in [0.25, 0.3) is 0 Å². The molecular formula is C27H48O4. The van der Waals surface area contributed by atoms with Crippen LogP contribution < -0.4 is 0 Å². The number of rotatable bonds is 14. The van der Waals surface area contributed by atoms with Crippen LogP contribution in [0.1, 0.15) is 99.8 Å². The predicted molar refractivity (Wildman–Crippen MR) is 128 cm³/mol. The average Bonchev–Trinajstić information content (AvgIpc) is 2.69. The van der Waals surface area contributed by atoms with Gasteiger partial charge in [-0.25, -0.2) is 0 Å². The van der Waals surface area contributed by atoms with Gasteiger partial charge in [0, 0.05) is 0 Å². The fourth-order valence-corrected chi connectivity index (χ4v) is 4.15. The first-order valence-electron chi connectivity index (χ1n) is 12.6. The molecule has 1 aliphatic carbocycles. The summed E-state index contributed by atoms with van der Waals surface area (Å²) in [6.07, 6.45) is 10.1. The lowest BCUT2D eigenvalue weighted by atomic mass is 9.80. The molecule has 0 heterocycles. The number of carbonyl (C=O) groups is 2. The summed E-state index contributed by atoms with van der Waals surface area (Å²) >= 11 is 0. The van der Waals surface area contributed by atoms with E-state index in [1.807, 2.05) is 6.92 Å². The van der Waals surface area contributed by atoms with E-state index in [9.17, 15) is 9.59 Å². The van der Waals surface area contributed by atoms with Crippen molar-refractivity contribution < 1.29 is 19.1 Å². The maximum absolute atomic E-state index is 12.8. The highest BCUT2D eigenvalue weighted by Crippen LogP contribution is 2.32. The zero-order valence-corrected chi connectivity index (χ0v) is 21.2. The first-order valence-corrected chi connectivity index (χ1v) is 12.6. The molecule has 0 spiro atoms. The third-order valence-electron chi connectivity index (χ3n) is 6.33. The molecule has 0 aromatic rings. The van der Waals surface area contributed by atoms with E-state index in [2.05, 4.69) is 47.6 Å². The monoisotopic (exact) mass is 436 g/mol. The fraction of sp³-hybridized carbons (Fsp3) is 0.852. The number of hydrogen-bond donors (Lipinski definition) is 0. The van der Waals surface area contributed by atoms with Gasteiger partial charge >= 0.3 is 11.9 Å². The van der Waals surface area contributed by atoms with Gasteiger partial charge in [-0.05, 0) is 56.3 Å². The minimum Gasteiger partial charge on any atom is -0.465 e. The van der Waals surface area contributed by atoms with Crippen LogP contribution in [0.2, 0.25) is 0 Å². The lowest BCUT2D eigenvalue weighted by Crippen LogP contribution is -2.35. The SMILES string of the molecule is CC1=CCC(C(=O)OCC(C)CCCC(C)C)C(C(=O)OCC(C)CCCC(C)C)C1. The summed E-state index contributed by atoms with van der Waals surface area (Å²) in [7, 11) is 0. The summed E-state index contributed by atoms with van der Waals surface area (Å²) < 4.78 is 11.3. The van der Waals surface area contributed by atoms with Gasteiger partial charge in [0.2, 0.25) is 0 Å². The van der Waals surface area contributed by atoms with Crippen molar-refractivity contribution in [2.45, 2.75) is 99.8 Å². The van der Waals surface area contributed by atoms with Gasteiger partial charge in [0.05, 0.1) is 25.0 Å². The second kappa shape index (κ2) is 14.7. The molecule has 4 heteroatoms. The van der Waals surface area contributed by atoms with Gasteiger partial charge in [-0.3, -0.25) is 9.59 Å². The largest absolute Gasteiger partial charge is 0.465 e. The molecule has 4 nitrogen and oxygen atoms in total. The Balaban J connectivity index is 2.50. The standard InChI is InChI=1S/C27H48O4/c1-19(2)10-8-12-22(6)17-30-26(28)24-15-14-21(5)16-25(24)27(29)31-18-23(7)13-9-11-20(3)4/h14,19-20,22-25H,8-13,15-18H2,1-7H3. The Labute approximate surface area is 191 Å². The highest BCUT2D eigenvalue weighted by atomic mass is 16.5. The molecule has 0 aliphatic heterocycles. The molecule has 31 heavy (non-hydrogen) atoms. The highest BCUT2D eigenvalue weighted by molar-refractivity contribution is 5.83. The zero-order valence-electron chi connectivity index (χ0n) is 21.2. The third-order valence-corrected chi connectivity index (χ3v) is 6.33. The number of carbonyl (C=O) groups excluding carboxylic acids is 2. The Kier molecular flexibility index (Phi) is 13.1. The van der Waals surface area contributed by atoms with E-state index in [-0.39, 0.29) is 11.9 Å². The third kappa shape index (κ3) is 11.8. The van der Waals surface area contributed by atoms with E-state index in [1.54, 1.807) is 0 Å². The van der Waals surface area contributed by atoms with Crippen LogP contribution in [0.25, 0.3) is 0 Å². The molecule has 0 radical (unpaired) electrons. The molecular weight excluding hydrogens is 388 g/mol. The van der Waals surface area contributed by atoms with Gasteiger partial charge in [-0.1, -0.05) is 78.9 Å². The smallest absolute Gasteiger partial charge is 0.310 e. The molecule has 1 aliphatic rings. The predicted octanol–water partition coefficient (Wildman–Crippen LogP) is 6.97. The van der Waals surface area contributed by atoms with Crippen LogP contribution in [0.15, 0.2) is 11.6 Å². The molecule has 0 aromatic carbocycles. The summed E-state index contributed by atoms with van der Waals surface area (Å²) in [6.45, 7) is 16.1. The zero-order chi connectivity index (χ0) is 23.4. The molecule has 0 amide bonds. The van der Waals surface area contributed by atoms with E-state index in [4.69, 9.17) is 9.47 Å². The van der Waals surface area contributed by atoms with Crippen LogP contribution in [-0.2, 0) is 19.1 Å². The van der Waals surface area contributed by atoms with E-state index >= 15 is 0 Å². The minimum atomic E-state index is -0.421. The van der Waals surface area contributed by atoms with Crippen LogP contribution >= 0.6 is 0 Å². The maximum atomic E-state index is 12.8. The average molecular weight is 437 g/mol. The Bertz CT molecular complexity index is 564. The summed E-state index contributed by atoms with van der Waals surface area (Å²) in [5, 5.41) is 0. The lowest BCUT2D eigenvalue weighted by Gasteiger charge is -2.28. The molecule has 0 saturated heterocycles. The van der Waals surface area contributed by atoms with E-state index in [1.165, 1.54) is 12.8 Å². The Morgan fingerprint density at radius 3 is 1.71 bits per heavy atom. The van der Waals surface area contributed by atoms with Crippen molar-refractivity contribution in [2.24, 2.45) is 35.5 Å². The summed E-state index contributed by atoms with van der Waals surface area (Å²) in [5.74, 6) is 0.780. The molecule has 0 N–H and O–H groups in total. The second-order valence-electron chi connectivity index (χ2n) is 10.8. The summed E-state index contributed by atoms with van der Waals surface area (Å²) in [5.41, 5.74) is 1.15. The molecule has 4 atom stereocenters. The van der Waals surface area contributed by atoms with Crippen LogP contribution in [-0.4, -0.2) is 25.2 Å². The van der Waals surface area contributed by atoms with Crippen LogP contribution in [0.4, 0.5) is 0 Å². The normalized spacial score (nSPS) is 21.0. The van der Waals surface area contributed by atoms with E-state index in [0.717, 1.165) is 31.3 Å². The number of hydrogen-bond acceptors (Lipinski definition) is 4. The minimum absolute atomic E-state index is 0.241. The van der Waals surface area contributed by atoms with Crippen LogP contribution in [0, 0.1) is 35.5 Å². The number of esters is 2. The van der Waals surface area contributed by atoms with Crippen molar-refractivity contribution in [2.75, 3.05) is 13.2 Å². The molecule has 0 bridgehead atoms. The first-order chi connectivity index (χ1) is 14.6. The first kappa shape index (κ1) is 27.7. The van der Waals surface area contributed by atoms with Crippen molar-refractivity contribution in [3.8, 4) is 0 Å². The molecule has 4 unspecified atom stereocenters. The second-order valence-corrected chi connectivity index (χ2v) is 10.8. The Morgan fingerprint density at radius 2 is 1.26 bits per heavy atom. The molecule has 0 aromatic heterocycles. The molecule has 180 valence electrons. The van der Waals surface area contributed by atoms with E-state index in [0.29, 0.717) is 49.7 Å². The van der Waals surface area contributed by atoms with Gasteiger partial charge in [-0.15, -0.1) is 0 Å². The summed E-state index contributed by atoms with van der Waals surface area (Å²) in [4.78, 5) is 25.6. The van der Waals surface area contributed by atoms with Gasteiger partial charge < -0.3 is 9.47 Å². The number of allylic oxidation sites excluding steroid dienone is 2. The maximum Gasteiger partial charge on any atom is 0.310 e. The number of ether oxygens (including phenoxy) is 2. The molecule has 1 rings (SSSR count). The van der Waals surface area contributed by atoms with E-state index < -0.39 is 11.8 Å². The van der Waals surface area contributed by atoms with Crippen molar-refractivity contribution in [1.82, 2.24) is 0 Å². The lowest BCUT2D eigenvalue weighted by molar-refractivity contribution is -0.162. The van der Waals surface area contributed by atoms with Gasteiger partial charge in [-0.2, -0.15) is 0 Å². The van der Waals surface area contributed by atoms with Crippen molar-refractivity contribution in [1.29, 1.82) is 0 Å². The van der Waals surface area contributed by atoms with Gasteiger partial charge in [0.15, 0.2) is 0 Å². The Hall–Kier alpha value is -1.32. The van der Waals surface area contributed by atoms with Crippen LogP contribution in [0.5, 0.6) is 0 Å². The Morgan fingerprint density at radius 1 is 0.806 bits per heavy atom. The van der Waals surface area contributed by atoms with Gasteiger partial charge in [0.1, 0.15) is 0 Å². The molecule has 0 fully saturated rings. The van der Waals surface area contributed by atoms with Crippen molar-refractivity contribution in [3.63, 3.8) is 0 Å². The van der Waals surface area contributed by atoms with Crippen molar-refractivity contribution in [3.05, 3.63) is 11.6 Å². The summed E-state index contributed by atoms with van der Waals surface area (Å²) in [6, 6.07) is 0. The van der Waals surface area contributed by atoms with Crippen LogP contribution in [0.3, 0.4) is 0 Å². The topological polar surface area (TPSA) is 52.6 Å². The molecule has 0 saturated carbocycles. The van der Waals surface area contributed by atoms with Crippen molar-refractivity contribution >= 4 is 11.9 Å². The highest BCUT2D eigenvalue weighted by Gasteiger charge is 2.38. The fourth-order valence-electron chi connectivity index (χ4n) is 4.15. The quantitative estimate of drug-likeness (QED) is 0.218.